The smallest absolute Gasteiger partial charge is 0.306 e. The lowest BCUT2D eigenvalue weighted by molar-refractivity contribution is -0.142. The number of carbonyl (C=O) groups is 6. The molecule has 0 aromatic carbocycles. The van der Waals surface area contributed by atoms with Crippen LogP contribution in [0.25, 0.3) is 0 Å². The van der Waals surface area contributed by atoms with Gasteiger partial charge in [-0.2, -0.15) is 0 Å². The molecule has 0 aliphatic carbocycles. The average Bonchev–Trinajstić information content (AvgIpc) is 3.38. The van der Waals surface area contributed by atoms with E-state index in [-0.39, 0.29) is 36.3 Å². The van der Waals surface area contributed by atoms with E-state index in [4.69, 9.17) is 11.6 Å². The maximum atomic E-state index is 13.2. The summed E-state index contributed by atoms with van der Waals surface area (Å²) in [4.78, 5) is 79.9. The van der Waals surface area contributed by atoms with E-state index >= 15 is 0 Å². The topological polar surface area (TPSA) is 163 Å². The second kappa shape index (κ2) is 16.2. The maximum absolute atomic E-state index is 13.2. The number of alkyl halides is 1. The van der Waals surface area contributed by atoms with E-state index in [2.05, 4.69) is 25.7 Å². The van der Waals surface area contributed by atoms with Crippen molar-refractivity contribution in [2.45, 2.75) is 97.4 Å². The van der Waals surface area contributed by atoms with Crippen LogP contribution in [0.2, 0.25) is 0 Å². The summed E-state index contributed by atoms with van der Waals surface area (Å²) in [6, 6.07) is -3.63. The first-order chi connectivity index (χ1) is 18.2. The lowest BCUT2D eigenvalue weighted by Gasteiger charge is -2.28. The molecule has 5 atom stereocenters. The Bertz CT molecular complexity index is 955. The highest BCUT2D eigenvalue weighted by Gasteiger charge is 2.37. The molecule has 0 saturated carbocycles. The number of esters is 1. The predicted octanol–water partition coefficient (Wildman–Crippen LogP) is 0.738. The highest BCUT2D eigenvalue weighted by atomic mass is 35.5. The minimum Gasteiger partial charge on any atom is -0.469 e. The van der Waals surface area contributed by atoms with Gasteiger partial charge in [0, 0.05) is 18.7 Å². The summed E-state index contributed by atoms with van der Waals surface area (Å²) in [5.74, 6) is -2.80. The van der Waals surface area contributed by atoms with Gasteiger partial charge in [-0.1, -0.05) is 13.8 Å². The molecule has 0 aromatic rings. The molecule has 0 radical (unpaired) electrons. The maximum Gasteiger partial charge on any atom is 0.306 e. The Morgan fingerprint density at radius 1 is 0.974 bits per heavy atom. The molecule has 1 heterocycles. The molecule has 3 N–H and O–H groups in total. The van der Waals surface area contributed by atoms with Crippen LogP contribution in [-0.2, 0) is 33.5 Å². The third kappa shape index (κ3) is 10.6. The van der Waals surface area contributed by atoms with E-state index in [1.54, 1.807) is 20.8 Å². The Morgan fingerprint density at radius 2 is 1.62 bits per heavy atom. The number of Topliss-reactive ketones (excluding diaryl/α,β-unsaturated/α-hetero) is 1. The second-order valence-electron chi connectivity index (χ2n) is 10.1. The van der Waals surface area contributed by atoms with Gasteiger partial charge >= 0.3 is 5.97 Å². The predicted molar refractivity (Wildman–Crippen MR) is 146 cm³/mol. The summed E-state index contributed by atoms with van der Waals surface area (Å²) in [5, 5.41) is 8.01. The zero-order valence-electron chi connectivity index (χ0n) is 23.8. The monoisotopic (exact) mass is 571 g/mol. The number of methoxy groups -OCH3 is 1. The standard InChI is InChI=1S/C26H42ClN5O7/c1-14(2)23(20(33)13-27)31-25(37)19-9-8-12-32(19)26(38)18(6)28-15(3)16(4)30-24(36)17(5)29-21(34)10-11-22(35)39-7/h14,16-19,23H,8-13H2,1-7H3,(H,29,34)(H,30,36)(H,31,37). The molecule has 1 aliphatic rings. The minimum absolute atomic E-state index is 0.0891. The highest BCUT2D eigenvalue weighted by molar-refractivity contribution is 6.28. The zero-order chi connectivity index (χ0) is 29.9. The largest absolute Gasteiger partial charge is 0.469 e. The van der Waals surface area contributed by atoms with Crippen molar-refractivity contribution in [1.82, 2.24) is 20.9 Å². The Labute approximate surface area is 235 Å². The Morgan fingerprint density at radius 3 is 2.18 bits per heavy atom. The lowest BCUT2D eigenvalue weighted by Crippen LogP contribution is -2.54. The number of aliphatic imine (C=N–C) groups is 1. The number of amides is 4. The number of nitrogens with one attached hydrogen (secondary N) is 3. The Balaban J connectivity index is 2.75. The molecular formula is C26H42ClN5O7. The van der Waals surface area contributed by atoms with Gasteiger partial charge in [-0.15, -0.1) is 11.6 Å². The molecule has 0 bridgehead atoms. The minimum atomic E-state index is -0.853. The number of halogens is 1. The Kier molecular flexibility index (Phi) is 14.1. The van der Waals surface area contributed by atoms with Crippen molar-refractivity contribution >= 4 is 52.7 Å². The first kappa shape index (κ1) is 34.0. The molecule has 13 heteroatoms. The quantitative estimate of drug-likeness (QED) is 0.157. The number of carbonyl (C=O) groups excluding carboxylic acids is 6. The molecule has 1 aliphatic heterocycles. The van der Waals surface area contributed by atoms with Crippen LogP contribution in [0.4, 0.5) is 0 Å². The molecule has 12 nitrogen and oxygen atoms in total. The fourth-order valence-electron chi connectivity index (χ4n) is 4.11. The fourth-order valence-corrected chi connectivity index (χ4v) is 4.27. The van der Waals surface area contributed by atoms with Crippen LogP contribution < -0.4 is 16.0 Å². The lowest BCUT2D eigenvalue weighted by atomic mass is 10.00. The number of hydrogen-bond donors (Lipinski definition) is 3. The summed E-state index contributed by atoms with van der Waals surface area (Å²) >= 11 is 5.69. The summed E-state index contributed by atoms with van der Waals surface area (Å²) in [5.41, 5.74) is 0.487. The van der Waals surface area contributed by atoms with Crippen molar-refractivity contribution in [3.63, 3.8) is 0 Å². The molecule has 0 spiro atoms. The number of rotatable bonds is 14. The van der Waals surface area contributed by atoms with Crippen LogP contribution in [0.15, 0.2) is 4.99 Å². The van der Waals surface area contributed by atoms with Crippen LogP contribution in [0.5, 0.6) is 0 Å². The first-order valence-corrected chi connectivity index (χ1v) is 13.7. The van der Waals surface area contributed by atoms with E-state index in [1.807, 2.05) is 13.8 Å². The van der Waals surface area contributed by atoms with Gasteiger partial charge in [0.05, 0.1) is 31.5 Å². The first-order valence-electron chi connectivity index (χ1n) is 13.1. The molecule has 220 valence electrons. The molecule has 39 heavy (non-hydrogen) atoms. The fraction of sp³-hybridized carbons (Fsp3) is 0.731. The molecule has 1 rings (SSSR count). The zero-order valence-corrected chi connectivity index (χ0v) is 24.6. The molecule has 5 unspecified atom stereocenters. The van der Waals surface area contributed by atoms with Gasteiger partial charge in [0.2, 0.25) is 23.6 Å². The summed E-state index contributed by atoms with van der Waals surface area (Å²) in [6.45, 7) is 10.5. The van der Waals surface area contributed by atoms with Crippen LogP contribution in [0.1, 0.15) is 67.2 Å². The van der Waals surface area contributed by atoms with Crippen LogP contribution in [-0.4, -0.2) is 95.7 Å². The van der Waals surface area contributed by atoms with Crippen molar-refractivity contribution < 1.29 is 33.5 Å². The summed E-state index contributed by atoms with van der Waals surface area (Å²) in [7, 11) is 1.23. The molecular weight excluding hydrogens is 530 g/mol. The van der Waals surface area contributed by atoms with Gasteiger partial charge in [-0.05, 0) is 46.5 Å². The molecule has 4 amide bonds. The van der Waals surface area contributed by atoms with Gasteiger partial charge < -0.3 is 25.6 Å². The summed E-state index contributed by atoms with van der Waals surface area (Å²) in [6.07, 6.45) is 0.929. The third-order valence-electron chi connectivity index (χ3n) is 6.58. The van der Waals surface area contributed by atoms with Crippen LogP contribution in [0, 0.1) is 5.92 Å². The number of likely N-dealkylation sites (tertiary alicyclic amines) is 1. The SMILES string of the molecule is COC(=O)CCC(=O)NC(C)C(=O)NC(C)C(C)=NC(C)C(=O)N1CCCC1C(=O)NC(C(=O)CCl)C(C)C. The molecule has 0 aromatic heterocycles. The van der Waals surface area contributed by atoms with E-state index in [1.165, 1.54) is 18.9 Å². The van der Waals surface area contributed by atoms with Crippen LogP contribution in [0.3, 0.4) is 0 Å². The number of nitrogens with zero attached hydrogens (tertiary/aromatic N) is 2. The second-order valence-corrected chi connectivity index (χ2v) is 10.3. The van der Waals surface area contributed by atoms with E-state index < -0.39 is 53.9 Å². The molecule has 1 fully saturated rings. The third-order valence-corrected chi connectivity index (χ3v) is 6.84. The van der Waals surface area contributed by atoms with Crippen molar-refractivity contribution in [3.8, 4) is 0 Å². The van der Waals surface area contributed by atoms with Gasteiger partial charge in [-0.3, -0.25) is 33.8 Å². The average molecular weight is 572 g/mol. The number of ether oxygens (including phenoxy) is 1. The Hall–Kier alpha value is -3.02. The highest BCUT2D eigenvalue weighted by Crippen LogP contribution is 2.20. The van der Waals surface area contributed by atoms with Crippen molar-refractivity contribution in [1.29, 1.82) is 0 Å². The van der Waals surface area contributed by atoms with E-state index in [9.17, 15) is 28.8 Å². The van der Waals surface area contributed by atoms with Gasteiger partial charge in [0.1, 0.15) is 18.1 Å². The van der Waals surface area contributed by atoms with Gasteiger partial charge in [0.25, 0.3) is 0 Å². The van der Waals surface area contributed by atoms with Gasteiger partial charge in [-0.25, -0.2) is 0 Å². The van der Waals surface area contributed by atoms with Crippen molar-refractivity contribution in [3.05, 3.63) is 0 Å². The molecule has 1 saturated heterocycles. The van der Waals surface area contributed by atoms with Crippen LogP contribution >= 0.6 is 11.6 Å². The normalized spacial score (nSPS) is 18.5. The number of ketones is 1. The van der Waals surface area contributed by atoms with E-state index in [0.29, 0.717) is 25.1 Å². The number of hydrogen-bond acceptors (Lipinski definition) is 8. The summed E-state index contributed by atoms with van der Waals surface area (Å²) < 4.78 is 4.49. The van der Waals surface area contributed by atoms with Crippen molar-refractivity contribution in [2.75, 3.05) is 19.5 Å². The van der Waals surface area contributed by atoms with Gasteiger partial charge in [0.15, 0.2) is 5.78 Å². The van der Waals surface area contributed by atoms with E-state index in [0.717, 1.165) is 0 Å². The van der Waals surface area contributed by atoms with Crippen molar-refractivity contribution in [2.24, 2.45) is 10.9 Å².